The van der Waals surface area contributed by atoms with Crippen molar-refractivity contribution in [2.45, 2.75) is 18.9 Å². The molecule has 3 heterocycles. The highest BCUT2D eigenvalue weighted by atomic mass is 32.1. The van der Waals surface area contributed by atoms with Crippen LogP contribution in [0.15, 0.2) is 42.5 Å². The molecule has 148 valence electrons. The lowest BCUT2D eigenvalue weighted by atomic mass is 10.2. The first-order valence-corrected chi connectivity index (χ1v) is 10.2. The van der Waals surface area contributed by atoms with Crippen molar-refractivity contribution in [3.05, 3.63) is 47.6 Å². The Morgan fingerprint density at radius 2 is 2.14 bits per heavy atom. The summed E-state index contributed by atoms with van der Waals surface area (Å²) in [6, 6.07) is 12.8. The number of benzene rings is 1. The van der Waals surface area contributed by atoms with E-state index < -0.39 is 0 Å². The van der Waals surface area contributed by atoms with Crippen molar-refractivity contribution in [1.29, 1.82) is 0 Å². The Hall–Kier alpha value is -2.42. The molecule has 1 aromatic carbocycles. The van der Waals surface area contributed by atoms with Crippen molar-refractivity contribution in [2.75, 3.05) is 31.6 Å². The van der Waals surface area contributed by atoms with E-state index in [-0.39, 0.29) is 5.13 Å². The van der Waals surface area contributed by atoms with Gasteiger partial charge < -0.3 is 20.1 Å². The van der Waals surface area contributed by atoms with Gasteiger partial charge in [-0.1, -0.05) is 0 Å². The molecule has 3 aromatic rings. The lowest BCUT2D eigenvalue weighted by Crippen LogP contribution is -2.38. The molecule has 1 atom stereocenters. The zero-order valence-electron chi connectivity index (χ0n) is 15.4. The van der Waals surface area contributed by atoms with Crippen molar-refractivity contribution in [1.82, 2.24) is 15.5 Å². The summed E-state index contributed by atoms with van der Waals surface area (Å²) in [5.41, 5.74) is 1.69. The van der Waals surface area contributed by atoms with Gasteiger partial charge in [0.2, 0.25) is 0 Å². The molecule has 0 aliphatic carbocycles. The van der Waals surface area contributed by atoms with E-state index in [1.165, 1.54) is 6.07 Å². The van der Waals surface area contributed by atoms with Crippen LogP contribution in [0.5, 0.6) is 5.75 Å². The smallest absolute Gasteiger partial charge is 0.177 e. The number of morpholine rings is 1. The predicted octanol–water partition coefficient (Wildman–Crippen LogP) is 4.17. The summed E-state index contributed by atoms with van der Waals surface area (Å²) >= 11 is 1.09. The largest absolute Gasteiger partial charge is 0.494 e. The molecular weight excluding hydrogens is 379 g/mol. The highest BCUT2D eigenvalue weighted by Gasteiger charge is 2.12. The molecule has 0 radical (unpaired) electrons. The van der Waals surface area contributed by atoms with E-state index in [0.717, 1.165) is 65.9 Å². The standard InChI is InChI=1S/C20H23FN4O2S/c21-19-8-7-18(28-19)17-12-20(25-24-17)23-14-3-5-15(6-4-14)26-10-1-2-16-13-22-9-11-27-16/h3-8,12,16,22H,1-2,9-11,13H2,(H2,23,24,25). The average molecular weight is 402 g/mol. The number of aromatic nitrogens is 2. The second kappa shape index (κ2) is 9.18. The molecule has 0 spiro atoms. The number of hydrogen-bond acceptors (Lipinski definition) is 6. The normalized spacial score (nSPS) is 16.8. The van der Waals surface area contributed by atoms with Crippen LogP contribution in [0, 0.1) is 5.13 Å². The SMILES string of the molecule is Fc1ccc(-c2cc(Nc3ccc(OCCCC4CNCCO4)cc3)n[nH]2)s1. The highest BCUT2D eigenvalue weighted by molar-refractivity contribution is 7.13. The first-order valence-electron chi connectivity index (χ1n) is 9.39. The molecule has 8 heteroatoms. The van der Waals surface area contributed by atoms with Gasteiger partial charge in [0.15, 0.2) is 10.9 Å². The van der Waals surface area contributed by atoms with E-state index in [1.807, 2.05) is 30.3 Å². The summed E-state index contributed by atoms with van der Waals surface area (Å²) < 4.78 is 24.6. The maximum Gasteiger partial charge on any atom is 0.177 e. The van der Waals surface area contributed by atoms with Gasteiger partial charge in [-0.2, -0.15) is 9.49 Å². The Balaban J connectivity index is 1.23. The van der Waals surface area contributed by atoms with E-state index >= 15 is 0 Å². The van der Waals surface area contributed by atoms with Gasteiger partial charge in [0.05, 0.1) is 29.9 Å². The van der Waals surface area contributed by atoms with Crippen LogP contribution in [-0.4, -0.2) is 42.6 Å². The predicted molar refractivity (Wildman–Crippen MR) is 109 cm³/mol. The van der Waals surface area contributed by atoms with Gasteiger partial charge in [-0.3, -0.25) is 5.10 Å². The minimum absolute atomic E-state index is 0.211. The van der Waals surface area contributed by atoms with E-state index in [4.69, 9.17) is 9.47 Å². The molecule has 1 fully saturated rings. The molecule has 1 aliphatic heterocycles. The lowest BCUT2D eigenvalue weighted by molar-refractivity contribution is 0.0204. The molecule has 6 nitrogen and oxygen atoms in total. The van der Waals surface area contributed by atoms with Gasteiger partial charge in [-0.25, -0.2) is 0 Å². The molecule has 4 rings (SSSR count). The summed E-state index contributed by atoms with van der Waals surface area (Å²) in [6.07, 6.45) is 2.27. The van der Waals surface area contributed by atoms with Crippen LogP contribution in [0.2, 0.25) is 0 Å². The van der Waals surface area contributed by atoms with E-state index in [9.17, 15) is 4.39 Å². The zero-order valence-corrected chi connectivity index (χ0v) is 16.2. The minimum atomic E-state index is -0.211. The first kappa shape index (κ1) is 18.9. The third-order valence-electron chi connectivity index (χ3n) is 4.49. The van der Waals surface area contributed by atoms with Gasteiger partial charge in [0, 0.05) is 24.8 Å². The molecule has 2 aromatic heterocycles. The molecule has 1 saturated heterocycles. The molecule has 1 unspecified atom stereocenters. The second-order valence-electron chi connectivity index (χ2n) is 6.61. The van der Waals surface area contributed by atoms with Crippen LogP contribution in [0.1, 0.15) is 12.8 Å². The van der Waals surface area contributed by atoms with Gasteiger partial charge in [0.1, 0.15) is 5.75 Å². The lowest BCUT2D eigenvalue weighted by Gasteiger charge is -2.23. The van der Waals surface area contributed by atoms with Crippen molar-refractivity contribution >= 4 is 22.8 Å². The van der Waals surface area contributed by atoms with Crippen LogP contribution >= 0.6 is 11.3 Å². The van der Waals surface area contributed by atoms with Crippen molar-refractivity contribution in [3.8, 4) is 16.3 Å². The van der Waals surface area contributed by atoms with Gasteiger partial charge in [0.25, 0.3) is 0 Å². The summed E-state index contributed by atoms with van der Waals surface area (Å²) in [5.74, 6) is 1.52. The van der Waals surface area contributed by atoms with Crippen LogP contribution in [0.25, 0.3) is 10.6 Å². The monoisotopic (exact) mass is 402 g/mol. The number of anilines is 2. The third kappa shape index (κ3) is 5.09. The van der Waals surface area contributed by atoms with E-state index in [0.29, 0.717) is 18.5 Å². The molecule has 0 saturated carbocycles. The number of aromatic amines is 1. The first-order chi connectivity index (χ1) is 13.8. The van der Waals surface area contributed by atoms with E-state index in [1.54, 1.807) is 6.07 Å². The fourth-order valence-electron chi connectivity index (χ4n) is 3.06. The Morgan fingerprint density at radius 3 is 2.89 bits per heavy atom. The maximum atomic E-state index is 13.2. The fraction of sp³-hybridized carbons (Fsp3) is 0.350. The number of ether oxygens (including phenoxy) is 2. The topological polar surface area (TPSA) is 71.2 Å². The van der Waals surface area contributed by atoms with Crippen molar-refractivity contribution < 1.29 is 13.9 Å². The molecule has 0 amide bonds. The minimum Gasteiger partial charge on any atom is -0.494 e. The van der Waals surface area contributed by atoms with Gasteiger partial charge >= 0.3 is 0 Å². The molecule has 1 aliphatic rings. The summed E-state index contributed by atoms with van der Waals surface area (Å²) in [5, 5.41) is 13.5. The number of H-pyrrole nitrogens is 1. The number of hydrogen-bond donors (Lipinski definition) is 3. The molecule has 28 heavy (non-hydrogen) atoms. The second-order valence-corrected chi connectivity index (χ2v) is 7.64. The Kier molecular flexibility index (Phi) is 6.20. The summed E-state index contributed by atoms with van der Waals surface area (Å²) in [7, 11) is 0. The molecule has 0 bridgehead atoms. The average Bonchev–Trinajstić information content (AvgIpc) is 3.36. The fourth-order valence-corrected chi connectivity index (χ4v) is 3.76. The highest BCUT2D eigenvalue weighted by Crippen LogP contribution is 2.28. The summed E-state index contributed by atoms with van der Waals surface area (Å²) in [6.45, 7) is 3.34. The summed E-state index contributed by atoms with van der Waals surface area (Å²) in [4.78, 5) is 0.816. The Labute approximate surface area is 167 Å². The molecular formula is C20H23FN4O2S. The Bertz CT molecular complexity index is 874. The van der Waals surface area contributed by atoms with Crippen LogP contribution in [-0.2, 0) is 4.74 Å². The number of nitrogens with zero attached hydrogens (tertiary/aromatic N) is 1. The van der Waals surface area contributed by atoms with Gasteiger partial charge in [-0.15, -0.1) is 11.3 Å². The molecule has 3 N–H and O–H groups in total. The quantitative estimate of drug-likeness (QED) is 0.494. The zero-order chi connectivity index (χ0) is 19.2. The van der Waals surface area contributed by atoms with Crippen LogP contribution in [0.4, 0.5) is 15.9 Å². The third-order valence-corrected chi connectivity index (χ3v) is 5.39. The van der Waals surface area contributed by atoms with Crippen molar-refractivity contribution in [2.24, 2.45) is 0 Å². The van der Waals surface area contributed by atoms with E-state index in [2.05, 4.69) is 20.8 Å². The number of nitrogens with one attached hydrogen (secondary N) is 3. The van der Waals surface area contributed by atoms with Gasteiger partial charge in [-0.05, 0) is 49.2 Å². The Morgan fingerprint density at radius 1 is 1.25 bits per heavy atom. The van der Waals surface area contributed by atoms with Crippen molar-refractivity contribution in [3.63, 3.8) is 0 Å². The maximum absolute atomic E-state index is 13.2. The number of thiophene rings is 1. The van der Waals surface area contributed by atoms with Crippen LogP contribution < -0.4 is 15.4 Å². The number of halogens is 1. The number of rotatable bonds is 8. The van der Waals surface area contributed by atoms with Crippen LogP contribution in [0.3, 0.4) is 0 Å².